The topological polar surface area (TPSA) is 112 Å². The minimum Gasteiger partial charge on any atom is -0.384 e. The number of morpholine rings is 1. The van der Waals surface area contributed by atoms with Gasteiger partial charge in [0, 0.05) is 13.1 Å². The Hall–Kier alpha value is -2.22. The van der Waals surface area contributed by atoms with Gasteiger partial charge in [-0.25, -0.2) is 4.98 Å². The molecule has 1 aliphatic rings. The number of anilines is 1. The third kappa shape index (κ3) is 2.85. The van der Waals surface area contributed by atoms with Crippen LogP contribution in [0.3, 0.4) is 0 Å². The Balaban J connectivity index is 2.33. The number of hydrogen-bond acceptors (Lipinski definition) is 6. The minimum absolute atomic E-state index is 0.0415. The number of aromatic nitrogens is 1. The molecule has 0 spiro atoms. The first-order valence-corrected chi connectivity index (χ1v) is 6.13. The molecule has 0 unspecified atom stereocenters. The van der Waals surface area contributed by atoms with Crippen molar-refractivity contribution in [3.63, 3.8) is 0 Å². The number of rotatable bonds is 2. The molecule has 0 radical (unpaired) electrons. The van der Waals surface area contributed by atoms with Gasteiger partial charge in [-0.3, -0.25) is 14.9 Å². The van der Waals surface area contributed by atoms with Gasteiger partial charge in [0.15, 0.2) is 0 Å². The third-order valence-corrected chi connectivity index (χ3v) is 3.04. The maximum absolute atomic E-state index is 12.4. The number of ether oxygens (including phenoxy) is 1. The third-order valence-electron chi connectivity index (χ3n) is 3.04. The molecule has 0 saturated carbocycles. The molecule has 8 heteroatoms. The van der Waals surface area contributed by atoms with E-state index in [1.165, 1.54) is 11.0 Å². The van der Waals surface area contributed by atoms with Crippen LogP contribution in [0.15, 0.2) is 12.3 Å². The summed E-state index contributed by atoms with van der Waals surface area (Å²) in [6.45, 7) is 4.88. The number of nitrogens with zero attached hydrogens (tertiary/aromatic N) is 3. The van der Waals surface area contributed by atoms with Crippen LogP contribution in [0.5, 0.6) is 0 Å². The summed E-state index contributed by atoms with van der Waals surface area (Å²) >= 11 is 0. The Morgan fingerprint density at radius 1 is 1.60 bits per heavy atom. The number of amides is 1. The van der Waals surface area contributed by atoms with Crippen LogP contribution in [0.1, 0.15) is 24.2 Å². The fourth-order valence-electron chi connectivity index (χ4n) is 2.14. The summed E-state index contributed by atoms with van der Waals surface area (Å²) in [5.41, 5.74) is 4.67. The monoisotopic (exact) mass is 280 g/mol. The summed E-state index contributed by atoms with van der Waals surface area (Å²) in [5, 5.41) is 11.0. The van der Waals surface area contributed by atoms with Crippen molar-refractivity contribution in [3.05, 3.63) is 27.9 Å². The number of carbonyl (C=O) groups excluding carboxylic acids is 1. The van der Waals surface area contributed by atoms with Crippen LogP contribution in [0.25, 0.3) is 0 Å². The lowest BCUT2D eigenvalue weighted by molar-refractivity contribution is -0.385. The normalized spacial score (nSPS) is 17.8. The number of nitrogen functional groups attached to an aromatic ring is 1. The van der Waals surface area contributed by atoms with Crippen LogP contribution in [0.2, 0.25) is 0 Å². The number of pyridine rings is 1. The highest BCUT2D eigenvalue weighted by atomic mass is 16.6. The Labute approximate surface area is 115 Å². The van der Waals surface area contributed by atoms with E-state index in [-0.39, 0.29) is 17.1 Å². The summed E-state index contributed by atoms with van der Waals surface area (Å²) in [6.07, 6.45) is 1.01. The molecule has 0 atom stereocenters. The van der Waals surface area contributed by atoms with E-state index >= 15 is 0 Å². The van der Waals surface area contributed by atoms with E-state index in [9.17, 15) is 14.9 Å². The second kappa shape index (κ2) is 5.04. The molecule has 1 fully saturated rings. The smallest absolute Gasteiger partial charge is 0.300 e. The zero-order valence-electron chi connectivity index (χ0n) is 11.3. The molecule has 2 heterocycles. The molecule has 0 bridgehead atoms. The molecular formula is C12H16N4O4. The lowest BCUT2D eigenvalue weighted by atomic mass is 10.1. The van der Waals surface area contributed by atoms with E-state index in [2.05, 4.69) is 4.98 Å². The Kier molecular flexibility index (Phi) is 3.58. The van der Waals surface area contributed by atoms with E-state index < -0.39 is 16.4 Å². The molecule has 0 aromatic carbocycles. The number of carbonyl (C=O) groups is 1. The van der Waals surface area contributed by atoms with Gasteiger partial charge in [-0.15, -0.1) is 0 Å². The second-order valence-corrected chi connectivity index (χ2v) is 5.22. The summed E-state index contributed by atoms with van der Waals surface area (Å²) in [7, 11) is 0. The van der Waals surface area contributed by atoms with Gasteiger partial charge in [0.2, 0.25) is 0 Å². The highest BCUT2D eigenvalue weighted by Gasteiger charge is 2.33. The zero-order valence-corrected chi connectivity index (χ0v) is 11.3. The van der Waals surface area contributed by atoms with Crippen molar-refractivity contribution in [2.24, 2.45) is 0 Å². The second-order valence-electron chi connectivity index (χ2n) is 5.22. The maximum atomic E-state index is 12.4. The van der Waals surface area contributed by atoms with Crippen molar-refractivity contribution in [2.45, 2.75) is 19.4 Å². The zero-order chi connectivity index (χ0) is 14.9. The molecule has 8 nitrogen and oxygen atoms in total. The number of nitrogens with two attached hydrogens (primary N) is 1. The predicted molar refractivity (Wildman–Crippen MR) is 71.2 cm³/mol. The first-order chi connectivity index (χ1) is 9.30. The van der Waals surface area contributed by atoms with Crippen molar-refractivity contribution in [1.29, 1.82) is 0 Å². The van der Waals surface area contributed by atoms with Gasteiger partial charge in [-0.2, -0.15) is 0 Å². The van der Waals surface area contributed by atoms with E-state index in [4.69, 9.17) is 10.5 Å². The molecule has 1 amide bonds. The molecule has 1 aliphatic heterocycles. The van der Waals surface area contributed by atoms with Gasteiger partial charge < -0.3 is 15.4 Å². The molecule has 1 saturated heterocycles. The Morgan fingerprint density at radius 2 is 2.30 bits per heavy atom. The van der Waals surface area contributed by atoms with Crippen molar-refractivity contribution in [1.82, 2.24) is 9.88 Å². The van der Waals surface area contributed by atoms with Gasteiger partial charge in [-0.05, 0) is 19.9 Å². The van der Waals surface area contributed by atoms with Crippen molar-refractivity contribution >= 4 is 17.4 Å². The lowest BCUT2D eigenvalue weighted by Gasteiger charge is -2.38. The highest BCUT2D eigenvalue weighted by Crippen LogP contribution is 2.24. The molecule has 20 heavy (non-hydrogen) atoms. The van der Waals surface area contributed by atoms with Crippen molar-refractivity contribution in [2.75, 3.05) is 25.4 Å². The Bertz CT molecular complexity index is 558. The molecule has 2 rings (SSSR count). The largest absolute Gasteiger partial charge is 0.384 e. The number of nitro groups is 1. The SMILES string of the molecule is CC1(C)CN(C(=O)c2cc(N)ncc2[N+](=O)[O-])CCO1. The Morgan fingerprint density at radius 3 is 2.90 bits per heavy atom. The van der Waals surface area contributed by atoms with Gasteiger partial charge in [0.05, 0.1) is 17.1 Å². The van der Waals surface area contributed by atoms with Gasteiger partial charge >= 0.3 is 0 Å². The fourth-order valence-corrected chi connectivity index (χ4v) is 2.14. The molecule has 2 N–H and O–H groups in total. The molecule has 0 aliphatic carbocycles. The van der Waals surface area contributed by atoms with Crippen LogP contribution in [-0.4, -0.2) is 46.0 Å². The van der Waals surface area contributed by atoms with Crippen LogP contribution < -0.4 is 5.73 Å². The average molecular weight is 280 g/mol. The van der Waals surface area contributed by atoms with E-state index in [1.54, 1.807) is 0 Å². The standard InChI is InChI=1S/C12H16N4O4/c1-12(2)7-15(3-4-20-12)11(17)8-5-10(13)14-6-9(8)16(18)19/h5-6H,3-4,7H2,1-2H3,(H2,13,14). The van der Waals surface area contributed by atoms with Gasteiger partial charge in [-0.1, -0.05) is 0 Å². The predicted octanol–water partition coefficient (Wildman–Crippen LogP) is 0.823. The summed E-state index contributed by atoms with van der Waals surface area (Å²) < 4.78 is 5.52. The maximum Gasteiger partial charge on any atom is 0.300 e. The fraction of sp³-hybridized carbons (Fsp3) is 0.500. The van der Waals surface area contributed by atoms with E-state index in [1.807, 2.05) is 13.8 Å². The van der Waals surface area contributed by atoms with Crippen LogP contribution in [0, 0.1) is 10.1 Å². The van der Waals surface area contributed by atoms with Gasteiger partial charge in [0.25, 0.3) is 11.6 Å². The molecule has 1 aromatic rings. The summed E-state index contributed by atoms with van der Waals surface area (Å²) in [5.74, 6) is -0.353. The van der Waals surface area contributed by atoms with Crippen LogP contribution in [0.4, 0.5) is 11.5 Å². The first-order valence-electron chi connectivity index (χ1n) is 6.13. The number of hydrogen-bond donors (Lipinski definition) is 1. The quantitative estimate of drug-likeness (QED) is 0.634. The molecule has 108 valence electrons. The van der Waals surface area contributed by atoms with Crippen LogP contribution in [-0.2, 0) is 4.74 Å². The van der Waals surface area contributed by atoms with Crippen LogP contribution >= 0.6 is 0 Å². The van der Waals surface area contributed by atoms with E-state index in [0.717, 1.165) is 6.20 Å². The summed E-state index contributed by atoms with van der Waals surface area (Å²) in [4.78, 5) is 28.0. The average Bonchev–Trinajstić information content (AvgIpc) is 2.36. The minimum atomic E-state index is -0.634. The summed E-state index contributed by atoms with van der Waals surface area (Å²) in [6, 6.07) is 1.24. The highest BCUT2D eigenvalue weighted by molar-refractivity contribution is 5.98. The van der Waals surface area contributed by atoms with Gasteiger partial charge in [0.1, 0.15) is 17.6 Å². The van der Waals surface area contributed by atoms with Crippen molar-refractivity contribution in [3.8, 4) is 0 Å². The lowest BCUT2D eigenvalue weighted by Crippen LogP contribution is -2.50. The van der Waals surface area contributed by atoms with E-state index in [0.29, 0.717) is 19.7 Å². The van der Waals surface area contributed by atoms with Crippen molar-refractivity contribution < 1.29 is 14.5 Å². The molecule has 1 aromatic heterocycles. The first kappa shape index (κ1) is 14.2. The molecular weight excluding hydrogens is 264 g/mol.